The quantitative estimate of drug-likeness (QED) is 0.395. The van der Waals surface area contributed by atoms with E-state index in [0.29, 0.717) is 6.42 Å². The Hall–Kier alpha value is -1.22. The van der Waals surface area contributed by atoms with Crippen LogP contribution in [0.25, 0.3) is 0 Å². The van der Waals surface area contributed by atoms with E-state index in [4.69, 9.17) is 5.73 Å². The van der Waals surface area contributed by atoms with E-state index in [0.717, 1.165) is 0 Å². The van der Waals surface area contributed by atoms with Crippen LogP contribution in [-0.4, -0.2) is 49.3 Å². The number of carbonyl (C=O) groups excluding carboxylic acids is 2. The van der Waals surface area contributed by atoms with Gasteiger partial charge in [0.05, 0.1) is 23.0 Å². The van der Waals surface area contributed by atoms with E-state index < -0.39 is 27.7 Å². The average molecular weight is 279 g/mol. The van der Waals surface area contributed by atoms with E-state index in [-0.39, 0.29) is 23.0 Å². The summed E-state index contributed by atoms with van der Waals surface area (Å²) in [4.78, 5) is 22.6. The number of thiocarbonyl (C=S) groups is 1. The van der Waals surface area contributed by atoms with Gasteiger partial charge in [0.25, 0.3) is 0 Å². The zero-order valence-corrected chi connectivity index (χ0v) is 10.6. The maximum Gasteiger partial charge on any atom is 0.309 e. The van der Waals surface area contributed by atoms with E-state index in [1.54, 1.807) is 0 Å². The van der Waals surface area contributed by atoms with Gasteiger partial charge in [0.1, 0.15) is 0 Å². The normalized spacial score (nSPS) is 21.8. The summed E-state index contributed by atoms with van der Waals surface area (Å²) in [6, 6.07) is -0.497. The van der Waals surface area contributed by atoms with Crippen molar-refractivity contribution in [3.63, 3.8) is 0 Å². The molecule has 1 heterocycles. The van der Waals surface area contributed by atoms with Crippen molar-refractivity contribution in [3.05, 3.63) is 0 Å². The minimum atomic E-state index is -3.08. The van der Waals surface area contributed by atoms with Gasteiger partial charge in [-0.05, 0) is 6.42 Å². The fourth-order valence-corrected chi connectivity index (χ4v) is 3.15. The molecule has 1 fully saturated rings. The largest absolute Gasteiger partial charge is 0.392 e. The van der Waals surface area contributed by atoms with Gasteiger partial charge in [-0.1, -0.05) is 12.2 Å². The van der Waals surface area contributed by atoms with Gasteiger partial charge >= 0.3 is 11.8 Å². The molecular formula is C8H13N3O4S2. The highest BCUT2D eigenvalue weighted by Crippen LogP contribution is 2.10. The van der Waals surface area contributed by atoms with E-state index in [1.165, 1.54) is 0 Å². The molecule has 7 nitrogen and oxygen atoms in total. The number of amides is 2. The maximum absolute atomic E-state index is 11.3. The van der Waals surface area contributed by atoms with Crippen molar-refractivity contribution < 1.29 is 18.0 Å². The van der Waals surface area contributed by atoms with Gasteiger partial charge in [0, 0.05) is 6.04 Å². The zero-order chi connectivity index (χ0) is 13.1. The van der Waals surface area contributed by atoms with E-state index in [1.807, 2.05) is 0 Å². The first kappa shape index (κ1) is 13.8. The minimum absolute atomic E-state index is 0.0342. The van der Waals surface area contributed by atoms with Crippen LogP contribution in [-0.2, 0) is 19.4 Å². The molecule has 0 saturated carbocycles. The number of nitrogens with two attached hydrogens (primary N) is 1. The Morgan fingerprint density at radius 3 is 2.47 bits per heavy atom. The molecule has 0 aromatic rings. The smallest absolute Gasteiger partial charge is 0.309 e. The van der Waals surface area contributed by atoms with Crippen LogP contribution >= 0.6 is 12.2 Å². The van der Waals surface area contributed by atoms with E-state index in [2.05, 4.69) is 22.9 Å². The van der Waals surface area contributed by atoms with Gasteiger partial charge in [-0.2, -0.15) is 0 Å². The first-order valence-electron chi connectivity index (χ1n) is 4.87. The summed E-state index contributed by atoms with van der Waals surface area (Å²) in [6.07, 6.45) is 0.330. The average Bonchev–Trinajstić information content (AvgIpc) is 2.54. The lowest BCUT2D eigenvalue weighted by Crippen LogP contribution is -2.46. The fourth-order valence-electron chi connectivity index (χ4n) is 1.41. The fraction of sp³-hybridized carbons (Fsp3) is 0.625. The van der Waals surface area contributed by atoms with Crippen molar-refractivity contribution in [3.8, 4) is 0 Å². The number of nitrogens with one attached hydrogen (secondary N) is 2. The summed E-state index contributed by atoms with van der Waals surface area (Å²) >= 11 is 4.53. The molecule has 1 aliphatic rings. The first-order chi connectivity index (χ1) is 7.80. The van der Waals surface area contributed by atoms with Crippen molar-refractivity contribution in [1.29, 1.82) is 0 Å². The molecule has 96 valence electrons. The SMILES string of the molecule is NC(=S)CNC(=O)C(=O)NC1CCS(=O)(=O)C1. The monoisotopic (exact) mass is 279 g/mol. The Labute approximate surface area is 104 Å². The maximum atomic E-state index is 11.3. The Bertz CT molecular complexity index is 446. The lowest BCUT2D eigenvalue weighted by molar-refractivity contribution is -0.139. The molecule has 1 atom stereocenters. The van der Waals surface area contributed by atoms with E-state index in [9.17, 15) is 18.0 Å². The minimum Gasteiger partial charge on any atom is -0.392 e. The molecule has 0 radical (unpaired) electrons. The number of carbonyl (C=O) groups is 2. The molecule has 4 N–H and O–H groups in total. The molecule has 1 unspecified atom stereocenters. The van der Waals surface area contributed by atoms with Gasteiger partial charge < -0.3 is 16.4 Å². The third-order valence-corrected chi connectivity index (χ3v) is 4.11. The molecule has 1 rings (SSSR count). The predicted molar refractivity (Wildman–Crippen MR) is 65.0 cm³/mol. The van der Waals surface area contributed by atoms with Crippen LogP contribution < -0.4 is 16.4 Å². The van der Waals surface area contributed by atoms with Crippen LogP contribution in [0.2, 0.25) is 0 Å². The molecule has 0 bridgehead atoms. The van der Waals surface area contributed by atoms with Gasteiger partial charge in [0.15, 0.2) is 9.84 Å². The summed E-state index contributed by atoms with van der Waals surface area (Å²) in [6.45, 7) is -0.0649. The summed E-state index contributed by atoms with van der Waals surface area (Å²) in [5.74, 6) is -1.83. The van der Waals surface area contributed by atoms with Crippen LogP contribution in [0.15, 0.2) is 0 Å². The van der Waals surface area contributed by atoms with Crippen LogP contribution in [0.1, 0.15) is 6.42 Å². The highest BCUT2D eigenvalue weighted by atomic mass is 32.2. The molecular weight excluding hydrogens is 266 g/mol. The second kappa shape index (κ2) is 5.41. The summed E-state index contributed by atoms with van der Waals surface area (Å²) < 4.78 is 22.2. The summed E-state index contributed by atoms with van der Waals surface area (Å²) in [5, 5.41) is 4.55. The van der Waals surface area contributed by atoms with Gasteiger partial charge in [-0.3, -0.25) is 9.59 Å². The molecule has 0 spiro atoms. The molecule has 17 heavy (non-hydrogen) atoms. The van der Waals surface area contributed by atoms with Crippen LogP contribution in [0.3, 0.4) is 0 Å². The first-order valence-corrected chi connectivity index (χ1v) is 7.10. The van der Waals surface area contributed by atoms with Crippen LogP contribution in [0.5, 0.6) is 0 Å². The summed E-state index contributed by atoms with van der Waals surface area (Å²) in [5.41, 5.74) is 5.15. The second-order valence-corrected chi connectivity index (χ2v) is 6.48. The zero-order valence-electron chi connectivity index (χ0n) is 8.93. The number of sulfone groups is 1. The van der Waals surface area contributed by atoms with Crippen LogP contribution in [0, 0.1) is 0 Å². The van der Waals surface area contributed by atoms with Crippen molar-refractivity contribution in [2.45, 2.75) is 12.5 Å². The van der Waals surface area contributed by atoms with Crippen molar-refractivity contribution in [1.82, 2.24) is 10.6 Å². The number of hydrogen-bond acceptors (Lipinski definition) is 5. The Morgan fingerprint density at radius 2 is 2.00 bits per heavy atom. The topological polar surface area (TPSA) is 118 Å². The lowest BCUT2D eigenvalue weighted by atomic mass is 10.2. The lowest BCUT2D eigenvalue weighted by Gasteiger charge is -2.10. The molecule has 2 amide bonds. The third kappa shape index (κ3) is 4.65. The molecule has 1 aliphatic heterocycles. The summed E-state index contributed by atoms with van der Waals surface area (Å²) in [7, 11) is -3.08. The van der Waals surface area contributed by atoms with Gasteiger partial charge in [-0.25, -0.2) is 8.42 Å². The van der Waals surface area contributed by atoms with Crippen molar-refractivity contribution in [2.75, 3.05) is 18.1 Å². The highest BCUT2D eigenvalue weighted by molar-refractivity contribution is 7.91. The Morgan fingerprint density at radius 1 is 1.35 bits per heavy atom. The number of rotatable bonds is 3. The Balaban J connectivity index is 2.39. The van der Waals surface area contributed by atoms with Crippen molar-refractivity contribution >= 4 is 38.9 Å². The highest BCUT2D eigenvalue weighted by Gasteiger charge is 2.30. The molecule has 0 aliphatic carbocycles. The van der Waals surface area contributed by atoms with Gasteiger partial charge in [0.2, 0.25) is 0 Å². The van der Waals surface area contributed by atoms with Gasteiger partial charge in [-0.15, -0.1) is 0 Å². The standard InChI is InChI=1S/C8H13N3O4S2/c9-6(16)3-10-7(12)8(13)11-5-1-2-17(14,15)4-5/h5H,1-4H2,(H2,9,16)(H,10,12)(H,11,13). The van der Waals surface area contributed by atoms with E-state index >= 15 is 0 Å². The van der Waals surface area contributed by atoms with Crippen molar-refractivity contribution in [2.24, 2.45) is 5.73 Å². The molecule has 0 aromatic heterocycles. The molecule has 0 aromatic carbocycles. The van der Waals surface area contributed by atoms with Crippen LogP contribution in [0.4, 0.5) is 0 Å². The molecule has 1 saturated heterocycles. The predicted octanol–water partition coefficient (Wildman–Crippen LogP) is -2.31. The third-order valence-electron chi connectivity index (χ3n) is 2.20. The molecule has 9 heteroatoms. The number of hydrogen-bond donors (Lipinski definition) is 3. The second-order valence-electron chi connectivity index (χ2n) is 3.72. The Kier molecular flexibility index (Phi) is 4.40.